The summed E-state index contributed by atoms with van der Waals surface area (Å²) in [5.74, 6) is 1.82. The first-order valence-corrected chi connectivity index (χ1v) is 11.5. The lowest BCUT2D eigenvalue weighted by atomic mass is 9.85. The Bertz CT molecular complexity index is 1350. The van der Waals surface area contributed by atoms with Crippen LogP contribution in [0.15, 0.2) is 66.7 Å². The van der Waals surface area contributed by atoms with Crippen LogP contribution in [0.4, 0.5) is 0 Å². The molecule has 166 valence electrons. The molecule has 0 amide bonds. The molecule has 0 spiro atoms. The van der Waals surface area contributed by atoms with E-state index in [1.165, 1.54) is 27.5 Å². The summed E-state index contributed by atoms with van der Waals surface area (Å²) in [4.78, 5) is 13.3. The van der Waals surface area contributed by atoms with E-state index in [4.69, 9.17) is 9.47 Å². The van der Waals surface area contributed by atoms with Crippen LogP contribution in [-0.2, 0) is 12.8 Å². The Morgan fingerprint density at radius 1 is 0.727 bits per heavy atom. The number of aryl methyl sites for hydroxylation is 2. The second kappa shape index (κ2) is 8.40. The summed E-state index contributed by atoms with van der Waals surface area (Å²) in [6.45, 7) is 3.96. The van der Waals surface area contributed by atoms with Gasteiger partial charge < -0.3 is 9.47 Å². The monoisotopic (exact) mass is 436 g/mol. The quantitative estimate of drug-likeness (QED) is 0.302. The average Bonchev–Trinajstić information content (AvgIpc) is 3.29. The molecule has 0 aromatic heterocycles. The van der Waals surface area contributed by atoms with Crippen LogP contribution in [0.1, 0.15) is 35.3 Å². The average molecular weight is 437 g/mol. The molecular formula is C30H28O3. The fourth-order valence-corrected chi connectivity index (χ4v) is 4.98. The van der Waals surface area contributed by atoms with E-state index < -0.39 is 0 Å². The van der Waals surface area contributed by atoms with E-state index in [1.807, 2.05) is 38.1 Å². The van der Waals surface area contributed by atoms with Gasteiger partial charge in [-0.05, 0) is 87.3 Å². The third-order valence-electron chi connectivity index (χ3n) is 6.71. The van der Waals surface area contributed by atoms with Crippen molar-refractivity contribution in [2.24, 2.45) is 5.92 Å². The molecule has 0 saturated heterocycles. The van der Waals surface area contributed by atoms with Crippen molar-refractivity contribution in [2.45, 2.75) is 26.7 Å². The first-order valence-electron chi connectivity index (χ1n) is 11.5. The molecule has 3 heteroatoms. The lowest BCUT2D eigenvalue weighted by Crippen LogP contribution is -2.10. The summed E-state index contributed by atoms with van der Waals surface area (Å²) in [7, 11) is 3.36. The fourth-order valence-electron chi connectivity index (χ4n) is 4.98. The molecule has 5 rings (SSSR count). The van der Waals surface area contributed by atoms with Gasteiger partial charge in [0.15, 0.2) is 5.78 Å². The first kappa shape index (κ1) is 21.3. The molecule has 0 bridgehead atoms. The van der Waals surface area contributed by atoms with Crippen LogP contribution in [0.25, 0.3) is 33.0 Å². The number of benzene rings is 4. The number of carbonyl (C=O) groups is 1. The molecule has 0 atom stereocenters. The zero-order chi connectivity index (χ0) is 23.1. The van der Waals surface area contributed by atoms with Gasteiger partial charge in [0.05, 0.1) is 14.2 Å². The van der Waals surface area contributed by atoms with Gasteiger partial charge >= 0.3 is 0 Å². The molecule has 0 radical (unpaired) electrons. The summed E-state index contributed by atoms with van der Waals surface area (Å²) in [6, 6.07) is 22.9. The molecule has 1 aliphatic carbocycles. The number of ketones is 1. The Hall–Kier alpha value is -3.59. The number of carbonyl (C=O) groups excluding carboxylic acids is 1. The number of hydrogen-bond acceptors (Lipinski definition) is 3. The molecule has 4 aromatic carbocycles. The fraction of sp³-hybridized carbons (Fsp3) is 0.233. The molecule has 3 nitrogen and oxygen atoms in total. The normalized spacial score (nSPS) is 12.4. The van der Waals surface area contributed by atoms with Crippen LogP contribution < -0.4 is 9.47 Å². The summed E-state index contributed by atoms with van der Waals surface area (Å²) in [5, 5.41) is 2.47. The van der Waals surface area contributed by atoms with Crippen molar-refractivity contribution < 1.29 is 14.3 Å². The smallest absolute Gasteiger partial charge is 0.165 e. The van der Waals surface area contributed by atoms with E-state index >= 15 is 0 Å². The van der Waals surface area contributed by atoms with Gasteiger partial charge in [0, 0.05) is 11.5 Å². The lowest BCUT2D eigenvalue weighted by molar-refractivity contribution is 0.0938. The SMILES string of the molecule is COc1ccc(-c2ccc3c4c(c(C(=O)C(C)C)cc(-c5ccc(OC)cc5)c24)CC3)cc1. The van der Waals surface area contributed by atoms with Crippen molar-refractivity contribution in [1.29, 1.82) is 0 Å². The van der Waals surface area contributed by atoms with Crippen molar-refractivity contribution in [2.75, 3.05) is 14.2 Å². The highest BCUT2D eigenvalue weighted by atomic mass is 16.5. The molecule has 0 unspecified atom stereocenters. The second-order valence-electron chi connectivity index (χ2n) is 8.95. The number of ether oxygens (including phenoxy) is 2. The Kier molecular flexibility index (Phi) is 5.41. The molecule has 0 heterocycles. The molecule has 33 heavy (non-hydrogen) atoms. The molecule has 0 N–H and O–H groups in total. The molecule has 4 aromatic rings. The van der Waals surface area contributed by atoms with Gasteiger partial charge in [-0.25, -0.2) is 0 Å². The predicted octanol–water partition coefficient (Wildman–Crippen LogP) is 7.13. The summed E-state index contributed by atoms with van der Waals surface area (Å²) in [5.41, 5.74) is 7.88. The topological polar surface area (TPSA) is 35.5 Å². The Morgan fingerprint density at radius 2 is 1.30 bits per heavy atom. The summed E-state index contributed by atoms with van der Waals surface area (Å²) in [6.07, 6.45) is 1.88. The second-order valence-corrected chi connectivity index (χ2v) is 8.95. The Labute approximate surface area is 195 Å². The minimum Gasteiger partial charge on any atom is -0.497 e. The maximum atomic E-state index is 13.3. The van der Waals surface area contributed by atoms with Gasteiger partial charge in [0.1, 0.15) is 11.5 Å². The standard InChI is InChI=1S/C30H28O3/c1-18(2)30(31)27-17-26(20-7-13-23(33-4)14-8-20)29-24(19-5-11-22(32-3)12-6-19)15-9-21-10-16-25(27)28(21)29/h5-9,11-15,17-18H,10,16H2,1-4H3. The van der Waals surface area contributed by atoms with Crippen LogP contribution in [0.2, 0.25) is 0 Å². The predicted molar refractivity (Wildman–Crippen MR) is 135 cm³/mol. The van der Waals surface area contributed by atoms with Gasteiger partial charge in [0.25, 0.3) is 0 Å². The van der Waals surface area contributed by atoms with Crippen molar-refractivity contribution in [1.82, 2.24) is 0 Å². The van der Waals surface area contributed by atoms with E-state index in [0.29, 0.717) is 0 Å². The highest BCUT2D eigenvalue weighted by Crippen LogP contribution is 2.45. The molecule has 1 aliphatic rings. The van der Waals surface area contributed by atoms with Gasteiger partial charge in [-0.15, -0.1) is 0 Å². The van der Waals surface area contributed by atoms with Crippen LogP contribution in [0.5, 0.6) is 11.5 Å². The van der Waals surface area contributed by atoms with Gasteiger partial charge in [-0.2, -0.15) is 0 Å². The highest BCUT2D eigenvalue weighted by molar-refractivity contribution is 6.14. The van der Waals surface area contributed by atoms with E-state index in [2.05, 4.69) is 42.5 Å². The van der Waals surface area contributed by atoms with Crippen LogP contribution in [0.3, 0.4) is 0 Å². The maximum absolute atomic E-state index is 13.3. The number of Topliss-reactive ketones (excluding diaryl/α,β-unsaturated/α-hetero) is 1. The molecular weight excluding hydrogens is 408 g/mol. The third-order valence-corrected chi connectivity index (χ3v) is 6.71. The van der Waals surface area contributed by atoms with E-state index in [-0.39, 0.29) is 11.7 Å². The minimum atomic E-state index is -0.0451. The zero-order valence-electron chi connectivity index (χ0n) is 19.6. The molecule has 0 aliphatic heterocycles. The minimum absolute atomic E-state index is 0.0451. The van der Waals surface area contributed by atoms with Crippen molar-refractivity contribution in [3.63, 3.8) is 0 Å². The lowest BCUT2D eigenvalue weighted by Gasteiger charge is -2.18. The first-order chi connectivity index (χ1) is 16.0. The van der Waals surface area contributed by atoms with Crippen molar-refractivity contribution in [3.8, 4) is 33.8 Å². The van der Waals surface area contributed by atoms with Gasteiger partial charge in [0.2, 0.25) is 0 Å². The summed E-state index contributed by atoms with van der Waals surface area (Å²) < 4.78 is 10.8. The number of rotatable bonds is 6. The van der Waals surface area contributed by atoms with Gasteiger partial charge in [-0.3, -0.25) is 4.79 Å². The summed E-state index contributed by atoms with van der Waals surface area (Å²) >= 11 is 0. The molecule has 0 fully saturated rings. The zero-order valence-corrected chi connectivity index (χ0v) is 19.6. The third kappa shape index (κ3) is 3.58. The Balaban J connectivity index is 1.85. The van der Waals surface area contributed by atoms with E-state index in [9.17, 15) is 4.79 Å². The number of methoxy groups -OCH3 is 2. The van der Waals surface area contributed by atoms with Crippen LogP contribution >= 0.6 is 0 Å². The van der Waals surface area contributed by atoms with E-state index in [1.54, 1.807) is 14.2 Å². The highest BCUT2D eigenvalue weighted by Gasteiger charge is 2.26. The van der Waals surface area contributed by atoms with Crippen molar-refractivity contribution >= 4 is 16.6 Å². The largest absolute Gasteiger partial charge is 0.497 e. The number of hydrogen-bond donors (Lipinski definition) is 0. The van der Waals surface area contributed by atoms with Crippen molar-refractivity contribution in [3.05, 3.63) is 83.4 Å². The van der Waals surface area contributed by atoms with Gasteiger partial charge in [-0.1, -0.05) is 50.2 Å². The molecule has 0 saturated carbocycles. The van der Waals surface area contributed by atoms with Crippen LogP contribution in [-0.4, -0.2) is 20.0 Å². The van der Waals surface area contributed by atoms with Crippen LogP contribution in [0, 0.1) is 5.92 Å². The van der Waals surface area contributed by atoms with E-state index in [0.717, 1.165) is 46.6 Å². The Morgan fingerprint density at radius 3 is 1.85 bits per heavy atom. The maximum Gasteiger partial charge on any atom is 0.165 e.